The third-order valence-electron chi connectivity index (χ3n) is 5.71. The molecule has 2 aliphatic heterocycles. The van der Waals surface area contributed by atoms with Crippen molar-refractivity contribution in [2.75, 3.05) is 18.0 Å². The molecule has 9 nitrogen and oxygen atoms in total. The third kappa shape index (κ3) is 3.74. The highest BCUT2D eigenvalue weighted by Gasteiger charge is 2.66. The lowest BCUT2D eigenvalue weighted by atomic mass is 9.96. The van der Waals surface area contributed by atoms with E-state index in [1.807, 2.05) is 20.8 Å². The Labute approximate surface area is 190 Å². The number of alkyl halides is 5. The molecule has 0 N–H and O–H groups in total. The van der Waals surface area contributed by atoms with Crippen LogP contribution in [0.25, 0.3) is 11.2 Å². The summed E-state index contributed by atoms with van der Waals surface area (Å²) in [6, 6.07) is 1.41. The molecule has 3 aromatic rings. The van der Waals surface area contributed by atoms with E-state index in [1.54, 1.807) is 0 Å². The summed E-state index contributed by atoms with van der Waals surface area (Å²) in [5.74, 6) is -2.23. The van der Waals surface area contributed by atoms with Gasteiger partial charge in [-0.15, -0.1) is 20.4 Å². The summed E-state index contributed by atoms with van der Waals surface area (Å²) < 4.78 is 68.6. The largest absolute Gasteiger partial charge is 0.442 e. The van der Waals surface area contributed by atoms with Crippen molar-refractivity contribution in [3.05, 3.63) is 35.4 Å². The van der Waals surface area contributed by atoms with E-state index in [0.717, 1.165) is 6.20 Å². The molecule has 0 spiro atoms. The maximum atomic E-state index is 13.9. The summed E-state index contributed by atoms with van der Waals surface area (Å²) in [7, 11) is 0. The Morgan fingerprint density at radius 1 is 1.06 bits per heavy atom. The number of halogens is 5. The van der Waals surface area contributed by atoms with Gasteiger partial charge in [-0.1, -0.05) is 20.8 Å². The van der Waals surface area contributed by atoms with Crippen LogP contribution in [-0.4, -0.2) is 55.1 Å². The summed E-state index contributed by atoms with van der Waals surface area (Å²) in [4.78, 5) is 15.4. The minimum absolute atomic E-state index is 0.0845. The Morgan fingerprint density at radius 2 is 1.79 bits per heavy atom. The highest BCUT2D eigenvalue weighted by atomic mass is 19.4. The van der Waals surface area contributed by atoms with E-state index in [0.29, 0.717) is 5.82 Å². The number of rotatable bonds is 4. The van der Waals surface area contributed by atoms with E-state index in [4.69, 9.17) is 0 Å². The molecule has 0 aliphatic carbocycles. The van der Waals surface area contributed by atoms with E-state index < -0.39 is 29.7 Å². The van der Waals surface area contributed by atoms with Crippen LogP contribution in [0.2, 0.25) is 0 Å². The number of anilines is 1. The zero-order valence-corrected chi connectivity index (χ0v) is 18.5. The topological polar surface area (TPSA) is 97.3 Å². The minimum atomic E-state index is -4.71. The molecule has 0 atom stereocenters. The molecule has 0 saturated carbocycles. The second-order valence-electron chi connectivity index (χ2n) is 9.45. The van der Waals surface area contributed by atoms with Gasteiger partial charge in [-0.2, -0.15) is 18.0 Å². The van der Waals surface area contributed by atoms with Crippen LogP contribution in [0.15, 0.2) is 28.7 Å². The Hall–Kier alpha value is -3.32. The van der Waals surface area contributed by atoms with E-state index in [1.165, 1.54) is 22.0 Å². The van der Waals surface area contributed by atoms with E-state index in [2.05, 4.69) is 35.4 Å². The smallest absolute Gasteiger partial charge is 0.348 e. The number of hydrogen-bond acceptors (Lipinski definition) is 8. The molecule has 0 aromatic carbocycles. The fraction of sp³-hybridized carbons (Fsp3) is 0.550. The Kier molecular flexibility index (Phi) is 4.69. The number of fused-ring (bicyclic) bond motifs is 1. The monoisotopic (exact) mass is 481 g/mol. The SMILES string of the molecule is CC(C)(C)c1nc(N2CCC(F)(F)C2)c2nn(Cc3ccncc3C3(C(F)(F)F)N=N3)nc2n1. The van der Waals surface area contributed by atoms with Crippen LogP contribution in [0.4, 0.5) is 27.8 Å². The first kappa shape index (κ1) is 22.5. The molecule has 0 radical (unpaired) electrons. The van der Waals surface area contributed by atoms with Crippen molar-refractivity contribution in [2.45, 2.75) is 56.9 Å². The van der Waals surface area contributed by atoms with Crippen LogP contribution in [-0.2, 0) is 17.6 Å². The van der Waals surface area contributed by atoms with Crippen LogP contribution < -0.4 is 4.90 Å². The van der Waals surface area contributed by atoms with Crippen LogP contribution in [0.5, 0.6) is 0 Å². The first-order chi connectivity index (χ1) is 15.8. The quantitative estimate of drug-likeness (QED) is 0.523. The fourth-order valence-electron chi connectivity index (χ4n) is 3.83. The molecule has 0 unspecified atom stereocenters. The van der Waals surface area contributed by atoms with Crippen LogP contribution in [0.1, 0.15) is 44.1 Å². The van der Waals surface area contributed by atoms with Crippen molar-refractivity contribution >= 4 is 17.0 Å². The van der Waals surface area contributed by atoms with E-state index in [-0.39, 0.29) is 47.6 Å². The highest BCUT2D eigenvalue weighted by molar-refractivity contribution is 5.82. The summed E-state index contributed by atoms with van der Waals surface area (Å²) in [6.07, 6.45) is -2.61. The molecular formula is C20H20F5N9. The first-order valence-corrected chi connectivity index (χ1v) is 10.5. The van der Waals surface area contributed by atoms with Crippen LogP contribution >= 0.6 is 0 Å². The maximum Gasteiger partial charge on any atom is 0.442 e. The molecule has 1 saturated heterocycles. The molecule has 5 heterocycles. The van der Waals surface area contributed by atoms with Gasteiger partial charge in [0.15, 0.2) is 11.3 Å². The highest BCUT2D eigenvalue weighted by Crippen LogP contribution is 2.53. The number of aromatic nitrogens is 6. The summed E-state index contributed by atoms with van der Waals surface area (Å²) >= 11 is 0. The minimum Gasteiger partial charge on any atom is -0.348 e. The fourth-order valence-corrected chi connectivity index (χ4v) is 3.83. The number of hydrogen-bond donors (Lipinski definition) is 0. The predicted molar refractivity (Wildman–Crippen MR) is 110 cm³/mol. The predicted octanol–water partition coefficient (Wildman–Crippen LogP) is 3.99. The summed E-state index contributed by atoms with van der Waals surface area (Å²) in [5.41, 5.74) is -2.77. The lowest BCUT2D eigenvalue weighted by Gasteiger charge is -2.21. The van der Waals surface area contributed by atoms with Crippen molar-refractivity contribution in [3.63, 3.8) is 0 Å². The zero-order chi connectivity index (χ0) is 24.5. The van der Waals surface area contributed by atoms with Gasteiger partial charge in [-0.05, 0) is 11.6 Å². The average Bonchev–Trinajstić information content (AvgIpc) is 3.33. The molecule has 0 bridgehead atoms. The van der Waals surface area contributed by atoms with E-state index in [9.17, 15) is 22.0 Å². The van der Waals surface area contributed by atoms with Gasteiger partial charge < -0.3 is 4.90 Å². The average molecular weight is 481 g/mol. The molecule has 5 rings (SSSR count). The van der Waals surface area contributed by atoms with Crippen molar-refractivity contribution in [3.8, 4) is 0 Å². The Balaban J connectivity index is 1.57. The van der Waals surface area contributed by atoms with Gasteiger partial charge >= 0.3 is 11.8 Å². The van der Waals surface area contributed by atoms with Gasteiger partial charge in [0, 0.05) is 36.3 Å². The Bertz CT molecular complexity index is 1290. The number of pyridine rings is 1. The van der Waals surface area contributed by atoms with E-state index >= 15 is 0 Å². The second-order valence-corrected chi connectivity index (χ2v) is 9.45. The standard InChI is InChI=1S/C20H20F5N9/c1-17(2,3)16-27-14-13(15(28-16)33-7-5-18(21,22)10-33)29-34(30-14)9-11-4-6-26-8-12(11)19(31-32-19)20(23,24)25/h4,6,8H,5,7,9-10H2,1-3H3. The molecule has 1 fully saturated rings. The van der Waals surface area contributed by atoms with Crippen molar-refractivity contribution in [1.82, 2.24) is 29.9 Å². The lowest BCUT2D eigenvalue weighted by molar-refractivity contribution is -0.166. The molecule has 180 valence electrons. The van der Waals surface area contributed by atoms with Crippen LogP contribution in [0, 0.1) is 0 Å². The Morgan fingerprint density at radius 3 is 2.38 bits per heavy atom. The normalized spacial score (nSPS) is 19.2. The molecule has 0 amide bonds. The van der Waals surface area contributed by atoms with Gasteiger partial charge in [0.05, 0.1) is 13.1 Å². The lowest BCUT2D eigenvalue weighted by Crippen LogP contribution is -2.31. The van der Waals surface area contributed by atoms with Gasteiger partial charge in [0.2, 0.25) is 5.65 Å². The number of nitrogens with zero attached hydrogens (tertiary/aromatic N) is 9. The zero-order valence-electron chi connectivity index (χ0n) is 18.5. The third-order valence-corrected chi connectivity index (χ3v) is 5.71. The van der Waals surface area contributed by atoms with Crippen molar-refractivity contribution in [2.24, 2.45) is 10.2 Å². The first-order valence-electron chi connectivity index (χ1n) is 10.5. The molecule has 34 heavy (non-hydrogen) atoms. The molecular weight excluding hydrogens is 461 g/mol. The van der Waals surface area contributed by atoms with Crippen molar-refractivity contribution in [1.29, 1.82) is 0 Å². The molecule has 2 aliphatic rings. The summed E-state index contributed by atoms with van der Waals surface area (Å²) in [5, 5.41) is 15.2. The maximum absolute atomic E-state index is 13.9. The van der Waals surface area contributed by atoms with Crippen LogP contribution in [0.3, 0.4) is 0 Å². The summed E-state index contributed by atoms with van der Waals surface area (Å²) in [6.45, 7) is 5.05. The van der Waals surface area contributed by atoms with Gasteiger partial charge in [0.25, 0.3) is 5.92 Å². The molecule has 3 aromatic heterocycles. The van der Waals surface area contributed by atoms with Gasteiger partial charge in [0.1, 0.15) is 5.82 Å². The van der Waals surface area contributed by atoms with Gasteiger partial charge in [-0.3, -0.25) is 4.98 Å². The molecule has 14 heteroatoms. The second kappa shape index (κ2) is 7.09. The van der Waals surface area contributed by atoms with Gasteiger partial charge in [-0.25, -0.2) is 18.7 Å². The van der Waals surface area contributed by atoms with Crippen molar-refractivity contribution < 1.29 is 22.0 Å².